The molecule has 0 aromatic rings. The minimum absolute atomic E-state index is 0.0187. The molecular formula is C11H19NO4. The van der Waals surface area contributed by atoms with Gasteiger partial charge in [-0.25, -0.2) is 0 Å². The van der Waals surface area contributed by atoms with Gasteiger partial charge in [-0.3, -0.25) is 9.59 Å². The highest BCUT2D eigenvalue weighted by atomic mass is 16.4. The number of carbonyl (C=O) groups excluding carboxylic acids is 1. The van der Waals surface area contributed by atoms with Gasteiger partial charge in [-0.1, -0.05) is 13.8 Å². The summed E-state index contributed by atoms with van der Waals surface area (Å²) in [4.78, 5) is 24.0. The molecule has 1 atom stereocenters. The number of aliphatic hydroxyl groups excluding tert-OH is 1. The molecule has 92 valence electrons. The van der Waals surface area contributed by atoms with Crippen LogP contribution in [0.2, 0.25) is 0 Å². The third-order valence-corrected chi connectivity index (χ3v) is 2.78. The van der Waals surface area contributed by atoms with Crippen molar-refractivity contribution < 1.29 is 19.8 Å². The fraction of sp³-hybridized carbons (Fsp3) is 0.818. The van der Waals surface area contributed by atoms with Crippen LogP contribution in [-0.4, -0.2) is 46.2 Å². The molecule has 5 heteroatoms. The minimum Gasteiger partial charge on any atom is -0.481 e. The Kier molecular flexibility index (Phi) is 3.91. The number of nitrogens with zero attached hydrogens (tertiary/aromatic N) is 1. The van der Waals surface area contributed by atoms with E-state index in [2.05, 4.69) is 0 Å². The lowest BCUT2D eigenvalue weighted by Gasteiger charge is -2.25. The molecule has 1 aliphatic rings. The molecule has 1 fully saturated rings. The van der Waals surface area contributed by atoms with Crippen LogP contribution in [0.1, 0.15) is 33.1 Å². The predicted octanol–water partition coefficient (Wildman–Crippen LogP) is 0.471. The number of aliphatic hydroxyl groups is 1. The smallest absolute Gasteiger partial charge is 0.303 e. The Morgan fingerprint density at radius 2 is 2.00 bits per heavy atom. The van der Waals surface area contributed by atoms with E-state index in [9.17, 15) is 14.7 Å². The van der Waals surface area contributed by atoms with Crippen molar-refractivity contribution in [3.05, 3.63) is 0 Å². The summed E-state index contributed by atoms with van der Waals surface area (Å²) >= 11 is 0. The first kappa shape index (κ1) is 13.0. The Labute approximate surface area is 95.1 Å². The van der Waals surface area contributed by atoms with Crippen LogP contribution in [0.3, 0.4) is 0 Å². The van der Waals surface area contributed by atoms with Gasteiger partial charge in [0, 0.05) is 19.5 Å². The van der Waals surface area contributed by atoms with Crippen molar-refractivity contribution in [2.75, 3.05) is 13.1 Å². The molecule has 0 aromatic heterocycles. The molecule has 1 heterocycles. The third-order valence-electron chi connectivity index (χ3n) is 2.78. The summed E-state index contributed by atoms with van der Waals surface area (Å²) in [6, 6.07) is 0. The van der Waals surface area contributed by atoms with E-state index >= 15 is 0 Å². The Hall–Kier alpha value is -1.10. The molecule has 1 rings (SSSR count). The van der Waals surface area contributed by atoms with E-state index in [0.717, 1.165) is 0 Å². The van der Waals surface area contributed by atoms with Crippen molar-refractivity contribution in [3.63, 3.8) is 0 Å². The summed E-state index contributed by atoms with van der Waals surface area (Å²) in [5.41, 5.74) is -0.531. The molecular weight excluding hydrogens is 210 g/mol. The maximum absolute atomic E-state index is 11.8. The second-order valence-electron chi connectivity index (χ2n) is 5.19. The average molecular weight is 229 g/mol. The molecule has 0 aromatic carbocycles. The first-order valence-electron chi connectivity index (χ1n) is 5.48. The van der Waals surface area contributed by atoms with E-state index in [1.165, 1.54) is 0 Å². The number of rotatable bonds is 4. The highest BCUT2D eigenvalue weighted by Crippen LogP contribution is 2.26. The Morgan fingerprint density at radius 1 is 1.38 bits per heavy atom. The normalized spacial score (nSPS) is 21.2. The molecule has 1 unspecified atom stereocenters. The van der Waals surface area contributed by atoms with Crippen LogP contribution in [0.4, 0.5) is 0 Å². The Bertz CT molecular complexity index is 288. The van der Waals surface area contributed by atoms with Crippen LogP contribution in [0.25, 0.3) is 0 Å². The average Bonchev–Trinajstić information content (AvgIpc) is 2.47. The lowest BCUT2D eigenvalue weighted by Crippen LogP contribution is -2.33. The number of carbonyl (C=O) groups is 2. The second-order valence-corrected chi connectivity index (χ2v) is 5.19. The second kappa shape index (κ2) is 4.82. The largest absolute Gasteiger partial charge is 0.481 e. The highest BCUT2D eigenvalue weighted by molar-refractivity contribution is 5.78. The van der Waals surface area contributed by atoms with Crippen LogP contribution >= 0.6 is 0 Å². The predicted molar refractivity (Wildman–Crippen MR) is 57.9 cm³/mol. The van der Waals surface area contributed by atoms with Gasteiger partial charge >= 0.3 is 5.97 Å². The van der Waals surface area contributed by atoms with E-state index in [1.807, 2.05) is 0 Å². The fourth-order valence-electron chi connectivity index (χ4n) is 1.96. The number of aliphatic carboxylic acids is 1. The van der Waals surface area contributed by atoms with E-state index in [-0.39, 0.29) is 18.7 Å². The first-order chi connectivity index (χ1) is 7.30. The molecule has 0 radical (unpaired) electrons. The van der Waals surface area contributed by atoms with Crippen LogP contribution in [0.5, 0.6) is 0 Å². The Morgan fingerprint density at radius 3 is 2.44 bits per heavy atom. The zero-order chi connectivity index (χ0) is 12.3. The Balaban J connectivity index is 2.47. The van der Waals surface area contributed by atoms with Crippen LogP contribution < -0.4 is 0 Å². The monoisotopic (exact) mass is 229 g/mol. The molecule has 16 heavy (non-hydrogen) atoms. The van der Waals surface area contributed by atoms with Gasteiger partial charge in [0.25, 0.3) is 0 Å². The number of amides is 1. The summed E-state index contributed by atoms with van der Waals surface area (Å²) < 4.78 is 0. The molecule has 1 saturated heterocycles. The van der Waals surface area contributed by atoms with Crippen molar-refractivity contribution in [2.24, 2.45) is 5.41 Å². The molecule has 0 bridgehead atoms. The molecule has 0 saturated carbocycles. The van der Waals surface area contributed by atoms with Gasteiger partial charge in [0.15, 0.2) is 0 Å². The fourth-order valence-corrected chi connectivity index (χ4v) is 1.96. The van der Waals surface area contributed by atoms with E-state index in [4.69, 9.17) is 5.11 Å². The molecule has 5 nitrogen and oxygen atoms in total. The van der Waals surface area contributed by atoms with Gasteiger partial charge in [0.2, 0.25) is 5.91 Å². The zero-order valence-corrected chi connectivity index (χ0v) is 9.77. The lowest BCUT2D eigenvalue weighted by atomic mass is 9.85. The van der Waals surface area contributed by atoms with Gasteiger partial charge < -0.3 is 15.1 Å². The third kappa shape index (κ3) is 3.81. The van der Waals surface area contributed by atoms with Crippen molar-refractivity contribution in [3.8, 4) is 0 Å². The molecule has 0 aliphatic carbocycles. The number of β-amino-alcohol motifs (C(OH)–C–C–N with tert-alkyl or cyclic N) is 1. The van der Waals surface area contributed by atoms with Crippen LogP contribution in [0, 0.1) is 5.41 Å². The van der Waals surface area contributed by atoms with Crippen molar-refractivity contribution in [1.29, 1.82) is 0 Å². The topological polar surface area (TPSA) is 77.8 Å². The molecule has 0 spiro atoms. The van der Waals surface area contributed by atoms with Gasteiger partial charge in [-0.2, -0.15) is 0 Å². The van der Waals surface area contributed by atoms with Gasteiger partial charge in [0.05, 0.1) is 12.5 Å². The van der Waals surface area contributed by atoms with Crippen molar-refractivity contribution >= 4 is 11.9 Å². The lowest BCUT2D eigenvalue weighted by molar-refractivity contribution is -0.140. The number of carboxylic acid groups (broad SMARTS) is 1. The summed E-state index contributed by atoms with van der Waals surface area (Å²) in [6.07, 6.45) is 0.387. The van der Waals surface area contributed by atoms with E-state index in [1.54, 1.807) is 18.7 Å². The highest BCUT2D eigenvalue weighted by Gasteiger charge is 2.30. The van der Waals surface area contributed by atoms with Crippen molar-refractivity contribution in [1.82, 2.24) is 4.90 Å². The van der Waals surface area contributed by atoms with Crippen LogP contribution in [0.15, 0.2) is 0 Å². The summed E-state index contributed by atoms with van der Waals surface area (Å²) in [5, 5.41) is 18.0. The SMILES string of the molecule is CC(C)(CC(=O)O)CC(=O)N1CCC(O)C1. The van der Waals surface area contributed by atoms with Crippen LogP contribution in [-0.2, 0) is 9.59 Å². The zero-order valence-electron chi connectivity index (χ0n) is 9.77. The minimum atomic E-state index is -0.890. The molecule has 2 N–H and O–H groups in total. The summed E-state index contributed by atoms with van der Waals surface area (Å²) in [5.74, 6) is -0.956. The summed E-state index contributed by atoms with van der Waals surface area (Å²) in [6.45, 7) is 4.49. The van der Waals surface area contributed by atoms with E-state index < -0.39 is 17.5 Å². The number of carboxylic acids is 1. The number of hydrogen-bond donors (Lipinski definition) is 2. The van der Waals surface area contributed by atoms with Gasteiger partial charge in [0.1, 0.15) is 0 Å². The number of hydrogen-bond acceptors (Lipinski definition) is 3. The first-order valence-corrected chi connectivity index (χ1v) is 5.48. The summed E-state index contributed by atoms with van der Waals surface area (Å²) in [7, 11) is 0. The maximum Gasteiger partial charge on any atom is 0.303 e. The maximum atomic E-state index is 11.8. The van der Waals surface area contributed by atoms with Gasteiger partial charge in [-0.15, -0.1) is 0 Å². The number of likely N-dealkylation sites (tertiary alicyclic amines) is 1. The van der Waals surface area contributed by atoms with E-state index in [0.29, 0.717) is 19.5 Å². The van der Waals surface area contributed by atoms with Crippen molar-refractivity contribution in [2.45, 2.75) is 39.2 Å². The standard InChI is InChI=1S/C11H19NO4/c1-11(2,6-10(15)16)5-9(14)12-4-3-8(13)7-12/h8,13H,3-7H2,1-2H3,(H,15,16). The quantitative estimate of drug-likeness (QED) is 0.734. The molecule has 1 amide bonds. The molecule has 1 aliphatic heterocycles. The van der Waals surface area contributed by atoms with Gasteiger partial charge in [-0.05, 0) is 11.8 Å².